The van der Waals surface area contributed by atoms with Gasteiger partial charge in [-0.1, -0.05) is 0 Å². The lowest BCUT2D eigenvalue weighted by Crippen LogP contribution is -2.14. The number of anilines is 2. The molecular weight excluding hydrogens is 219 g/mol. The van der Waals surface area contributed by atoms with Gasteiger partial charge in [-0.3, -0.25) is 0 Å². The molecule has 84 valence electrons. The zero-order valence-corrected chi connectivity index (χ0v) is 9.14. The van der Waals surface area contributed by atoms with E-state index in [0.717, 1.165) is 6.26 Å². The highest BCUT2D eigenvalue weighted by atomic mass is 32.2. The Hall–Kier alpha value is -1.30. The molecule has 0 saturated heterocycles. The molecule has 0 bridgehead atoms. The molecule has 0 amide bonds. The van der Waals surface area contributed by atoms with Gasteiger partial charge in [-0.25, -0.2) is 12.8 Å². The van der Waals surface area contributed by atoms with E-state index < -0.39 is 15.7 Å². The predicted molar refractivity (Wildman–Crippen MR) is 59.0 cm³/mol. The molecule has 0 aliphatic carbocycles. The molecular formula is C9H13FN2O2S. The van der Waals surface area contributed by atoms with Crippen molar-refractivity contribution in [2.75, 3.05) is 29.6 Å². The molecule has 0 aromatic heterocycles. The quantitative estimate of drug-likeness (QED) is 0.755. The van der Waals surface area contributed by atoms with Crippen LogP contribution in [0.2, 0.25) is 0 Å². The Morgan fingerprint density at radius 2 is 2.13 bits per heavy atom. The van der Waals surface area contributed by atoms with Gasteiger partial charge in [0.05, 0.1) is 11.4 Å². The molecule has 0 saturated carbocycles. The molecule has 0 heterocycles. The molecule has 0 spiro atoms. The number of benzene rings is 1. The zero-order valence-electron chi connectivity index (χ0n) is 8.33. The molecule has 0 aliphatic heterocycles. The summed E-state index contributed by atoms with van der Waals surface area (Å²) < 4.78 is 34.8. The second-order valence-corrected chi connectivity index (χ2v) is 5.56. The van der Waals surface area contributed by atoms with Crippen LogP contribution in [0.25, 0.3) is 0 Å². The molecule has 0 atom stereocenters. The van der Waals surface area contributed by atoms with Gasteiger partial charge in [-0.05, 0) is 18.2 Å². The number of nitrogens with two attached hydrogens (primary N) is 1. The van der Waals surface area contributed by atoms with Gasteiger partial charge in [0.15, 0.2) is 0 Å². The van der Waals surface area contributed by atoms with Crippen molar-refractivity contribution in [2.45, 2.75) is 0 Å². The van der Waals surface area contributed by atoms with Crippen LogP contribution in [0, 0.1) is 5.82 Å². The average molecular weight is 232 g/mol. The van der Waals surface area contributed by atoms with E-state index in [9.17, 15) is 12.8 Å². The molecule has 4 nitrogen and oxygen atoms in total. The van der Waals surface area contributed by atoms with Crippen molar-refractivity contribution in [3.8, 4) is 0 Å². The minimum atomic E-state index is -3.02. The van der Waals surface area contributed by atoms with Crippen molar-refractivity contribution in [1.29, 1.82) is 0 Å². The van der Waals surface area contributed by atoms with E-state index in [1.54, 1.807) is 6.07 Å². The number of nitrogens with one attached hydrogen (secondary N) is 1. The average Bonchev–Trinajstić information content (AvgIpc) is 2.07. The Balaban J connectivity index is 2.59. The number of nitrogen functional groups attached to an aromatic ring is 1. The summed E-state index contributed by atoms with van der Waals surface area (Å²) in [7, 11) is -3.02. The third-order valence-electron chi connectivity index (χ3n) is 1.78. The largest absolute Gasteiger partial charge is 0.399 e. The molecule has 0 unspecified atom stereocenters. The van der Waals surface area contributed by atoms with Crippen molar-refractivity contribution >= 4 is 21.2 Å². The smallest absolute Gasteiger partial charge is 0.149 e. The number of sulfone groups is 1. The van der Waals surface area contributed by atoms with Crippen molar-refractivity contribution < 1.29 is 12.8 Å². The second kappa shape index (κ2) is 4.48. The maximum atomic E-state index is 13.2. The maximum Gasteiger partial charge on any atom is 0.149 e. The molecule has 1 aromatic carbocycles. The summed E-state index contributed by atoms with van der Waals surface area (Å²) in [6, 6.07) is 4.21. The van der Waals surface area contributed by atoms with Gasteiger partial charge in [0, 0.05) is 18.5 Å². The summed E-state index contributed by atoms with van der Waals surface area (Å²) in [5.41, 5.74) is 5.95. The van der Waals surface area contributed by atoms with Gasteiger partial charge in [-0.2, -0.15) is 0 Å². The highest BCUT2D eigenvalue weighted by Crippen LogP contribution is 2.16. The summed E-state index contributed by atoms with van der Waals surface area (Å²) in [5, 5.41) is 2.69. The zero-order chi connectivity index (χ0) is 11.5. The fourth-order valence-corrected chi connectivity index (χ4v) is 1.52. The van der Waals surface area contributed by atoms with E-state index in [1.807, 2.05) is 0 Å². The van der Waals surface area contributed by atoms with Gasteiger partial charge in [-0.15, -0.1) is 0 Å². The fourth-order valence-electron chi connectivity index (χ4n) is 1.05. The Labute approximate surface area is 88.2 Å². The van der Waals surface area contributed by atoms with Crippen LogP contribution in [0.5, 0.6) is 0 Å². The van der Waals surface area contributed by atoms with Crippen LogP contribution < -0.4 is 11.1 Å². The summed E-state index contributed by atoms with van der Waals surface area (Å²) >= 11 is 0. The minimum Gasteiger partial charge on any atom is -0.399 e. The lowest BCUT2D eigenvalue weighted by molar-refractivity contribution is 0.601. The lowest BCUT2D eigenvalue weighted by Gasteiger charge is -2.06. The van der Waals surface area contributed by atoms with Gasteiger partial charge >= 0.3 is 0 Å². The lowest BCUT2D eigenvalue weighted by atomic mass is 10.2. The van der Waals surface area contributed by atoms with Gasteiger partial charge in [0.1, 0.15) is 15.7 Å². The van der Waals surface area contributed by atoms with E-state index in [2.05, 4.69) is 5.32 Å². The maximum absolute atomic E-state index is 13.2. The number of rotatable bonds is 4. The van der Waals surface area contributed by atoms with Crippen LogP contribution in [-0.4, -0.2) is 27.0 Å². The molecule has 0 aliphatic rings. The van der Waals surface area contributed by atoms with Crippen molar-refractivity contribution in [1.82, 2.24) is 0 Å². The first-order chi connectivity index (χ1) is 6.88. The first-order valence-corrected chi connectivity index (χ1v) is 6.41. The van der Waals surface area contributed by atoms with E-state index >= 15 is 0 Å². The van der Waals surface area contributed by atoms with Gasteiger partial charge in [0.2, 0.25) is 0 Å². The Morgan fingerprint density at radius 1 is 1.47 bits per heavy atom. The number of halogens is 1. The summed E-state index contributed by atoms with van der Waals surface area (Å²) in [6.07, 6.45) is 1.13. The predicted octanol–water partition coefficient (Wildman–Crippen LogP) is 0.864. The van der Waals surface area contributed by atoms with E-state index in [1.165, 1.54) is 12.1 Å². The molecule has 0 radical (unpaired) electrons. The van der Waals surface area contributed by atoms with E-state index in [0.29, 0.717) is 5.69 Å². The van der Waals surface area contributed by atoms with Crippen LogP contribution in [-0.2, 0) is 9.84 Å². The highest BCUT2D eigenvalue weighted by Gasteiger charge is 2.04. The highest BCUT2D eigenvalue weighted by molar-refractivity contribution is 7.90. The Bertz CT molecular complexity index is 445. The van der Waals surface area contributed by atoms with Crippen LogP contribution in [0.1, 0.15) is 0 Å². The minimum absolute atomic E-state index is 0.0309. The van der Waals surface area contributed by atoms with Gasteiger partial charge in [0.25, 0.3) is 0 Å². The van der Waals surface area contributed by atoms with Crippen molar-refractivity contribution in [3.05, 3.63) is 24.0 Å². The van der Waals surface area contributed by atoms with E-state index in [4.69, 9.17) is 5.73 Å². The summed E-state index contributed by atoms with van der Waals surface area (Å²) in [6.45, 7) is 0.180. The first-order valence-electron chi connectivity index (χ1n) is 4.35. The van der Waals surface area contributed by atoms with Gasteiger partial charge < -0.3 is 11.1 Å². The van der Waals surface area contributed by atoms with Crippen molar-refractivity contribution in [2.24, 2.45) is 0 Å². The Kier molecular flexibility index (Phi) is 3.52. The van der Waals surface area contributed by atoms with Crippen LogP contribution in [0.15, 0.2) is 18.2 Å². The first kappa shape index (κ1) is 11.8. The summed E-state index contributed by atoms with van der Waals surface area (Å²) in [5.74, 6) is -0.514. The standard InChI is InChI=1S/C9H13FN2O2S/c1-15(13,14)5-4-12-9-3-2-7(11)6-8(9)10/h2-3,6,12H,4-5,11H2,1H3. The SMILES string of the molecule is CS(=O)(=O)CCNc1ccc(N)cc1F. The number of hydrogen-bond acceptors (Lipinski definition) is 4. The molecule has 15 heavy (non-hydrogen) atoms. The monoisotopic (exact) mass is 232 g/mol. The topological polar surface area (TPSA) is 72.2 Å². The van der Waals surface area contributed by atoms with Crippen molar-refractivity contribution in [3.63, 3.8) is 0 Å². The van der Waals surface area contributed by atoms with E-state index in [-0.39, 0.29) is 18.0 Å². The molecule has 1 aromatic rings. The van der Waals surface area contributed by atoms with Crippen LogP contribution >= 0.6 is 0 Å². The molecule has 1 rings (SSSR count). The second-order valence-electron chi connectivity index (χ2n) is 3.30. The molecule has 3 N–H and O–H groups in total. The molecule has 6 heteroatoms. The Morgan fingerprint density at radius 3 is 2.67 bits per heavy atom. The fraction of sp³-hybridized carbons (Fsp3) is 0.333. The van der Waals surface area contributed by atoms with Crippen LogP contribution in [0.4, 0.5) is 15.8 Å². The van der Waals surface area contributed by atoms with Crippen LogP contribution in [0.3, 0.4) is 0 Å². The third kappa shape index (κ3) is 4.16. The number of hydrogen-bond donors (Lipinski definition) is 2. The molecule has 0 fully saturated rings. The normalized spacial score (nSPS) is 11.3. The third-order valence-corrected chi connectivity index (χ3v) is 2.73. The summed E-state index contributed by atoms with van der Waals surface area (Å²) in [4.78, 5) is 0.